The molecule has 1 aromatic heterocycles. The van der Waals surface area contributed by atoms with Crippen molar-refractivity contribution < 1.29 is 23.9 Å². The summed E-state index contributed by atoms with van der Waals surface area (Å²) in [5.74, 6) is 1.69. The first-order valence-corrected chi connectivity index (χ1v) is 11.9. The lowest BCUT2D eigenvalue weighted by Crippen LogP contribution is -2.46. The van der Waals surface area contributed by atoms with Gasteiger partial charge in [0.05, 0.1) is 0 Å². The quantitative estimate of drug-likeness (QED) is 0.628. The highest BCUT2D eigenvalue weighted by Crippen LogP contribution is 2.36. The fourth-order valence-corrected chi connectivity index (χ4v) is 5.33. The second-order valence-corrected chi connectivity index (χ2v) is 9.60. The van der Waals surface area contributed by atoms with Crippen LogP contribution in [0.3, 0.4) is 0 Å². The zero-order valence-corrected chi connectivity index (χ0v) is 19.4. The van der Waals surface area contributed by atoms with Crippen LogP contribution in [0.2, 0.25) is 0 Å². The number of benzene rings is 1. The number of nitrogens with zero attached hydrogens (tertiary/aromatic N) is 3. The number of aryl methyl sites for hydroxylation is 1. The number of likely N-dealkylation sites (tertiary alicyclic amines) is 1. The van der Waals surface area contributed by atoms with Crippen LogP contribution in [0.4, 0.5) is 0 Å². The van der Waals surface area contributed by atoms with Gasteiger partial charge in [0.25, 0.3) is 0 Å². The standard InChI is InChI=1S/C25H30N4O5/c1-28-12-10-26-24(28)23(32)18-3-2-11-29(15-18)22(31)7-9-25(8-6-21(30)27-25)14-17-4-5-19-20(13-17)34-16-33-19/h4-5,10,12-13,18H,2-3,6-9,11,14-16H2,1H3,(H,27,30). The van der Waals surface area contributed by atoms with Gasteiger partial charge < -0.3 is 24.3 Å². The molecule has 0 saturated carbocycles. The molecule has 3 aliphatic heterocycles. The number of hydrogen-bond acceptors (Lipinski definition) is 6. The highest BCUT2D eigenvalue weighted by molar-refractivity contribution is 5.95. The number of fused-ring (bicyclic) bond motifs is 1. The van der Waals surface area contributed by atoms with E-state index in [-0.39, 0.29) is 30.3 Å². The van der Waals surface area contributed by atoms with Gasteiger partial charge in [-0.05, 0) is 49.8 Å². The Bertz CT molecular complexity index is 1110. The van der Waals surface area contributed by atoms with E-state index in [1.54, 1.807) is 21.9 Å². The summed E-state index contributed by atoms with van der Waals surface area (Å²) in [6.45, 7) is 1.30. The molecule has 1 N–H and O–H groups in total. The zero-order chi connectivity index (χ0) is 23.7. The second kappa shape index (κ2) is 9.12. The molecule has 9 nitrogen and oxygen atoms in total. The van der Waals surface area contributed by atoms with Crippen molar-refractivity contribution in [2.75, 3.05) is 19.9 Å². The van der Waals surface area contributed by atoms with Crippen LogP contribution in [-0.2, 0) is 23.1 Å². The first-order valence-electron chi connectivity index (χ1n) is 11.9. The number of imidazole rings is 1. The highest BCUT2D eigenvalue weighted by Gasteiger charge is 2.39. The van der Waals surface area contributed by atoms with E-state index < -0.39 is 5.54 Å². The molecular formula is C25H30N4O5. The molecule has 9 heteroatoms. The highest BCUT2D eigenvalue weighted by atomic mass is 16.7. The van der Waals surface area contributed by atoms with E-state index >= 15 is 0 Å². The monoisotopic (exact) mass is 466 g/mol. The van der Waals surface area contributed by atoms with Crippen LogP contribution >= 0.6 is 0 Å². The summed E-state index contributed by atoms with van der Waals surface area (Å²) < 4.78 is 12.6. The van der Waals surface area contributed by atoms with Gasteiger partial charge in [-0.15, -0.1) is 0 Å². The Morgan fingerprint density at radius 3 is 2.88 bits per heavy atom. The van der Waals surface area contributed by atoms with Crippen LogP contribution < -0.4 is 14.8 Å². The molecule has 2 aromatic rings. The smallest absolute Gasteiger partial charge is 0.231 e. The lowest BCUT2D eigenvalue weighted by molar-refractivity contribution is -0.133. The molecule has 2 atom stereocenters. The minimum Gasteiger partial charge on any atom is -0.454 e. The van der Waals surface area contributed by atoms with Crippen molar-refractivity contribution in [1.82, 2.24) is 19.8 Å². The maximum atomic E-state index is 13.2. The number of ketones is 1. The predicted octanol–water partition coefficient (Wildman–Crippen LogP) is 2.24. The van der Waals surface area contributed by atoms with E-state index in [9.17, 15) is 14.4 Å². The van der Waals surface area contributed by atoms with Crippen LogP contribution in [-0.4, -0.2) is 57.5 Å². The average molecular weight is 467 g/mol. The van der Waals surface area contributed by atoms with Gasteiger partial charge in [-0.3, -0.25) is 14.4 Å². The van der Waals surface area contributed by atoms with Crippen molar-refractivity contribution in [2.45, 2.75) is 50.5 Å². The number of amides is 2. The summed E-state index contributed by atoms with van der Waals surface area (Å²) in [5.41, 5.74) is 0.580. The molecule has 2 saturated heterocycles. The van der Waals surface area contributed by atoms with E-state index in [1.807, 2.05) is 25.2 Å². The topological polar surface area (TPSA) is 103 Å². The van der Waals surface area contributed by atoms with E-state index in [4.69, 9.17) is 9.47 Å². The van der Waals surface area contributed by atoms with Crippen LogP contribution in [0.15, 0.2) is 30.6 Å². The fourth-order valence-electron chi connectivity index (χ4n) is 5.33. The molecule has 180 valence electrons. The molecule has 0 bridgehead atoms. The SMILES string of the molecule is Cn1ccnc1C(=O)C1CCCN(C(=O)CCC2(Cc3ccc4c(c3)OCO4)CCC(=O)N2)C1. The summed E-state index contributed by atoms with van der Waals surface area (Å²) in [6.07, 6.45) is 7.60. The Morgan fingerprint density at radius 1 is 1.26 bits per heavy atom. The van der Waals surface area contributed by atoms with Gasteiger partial charge in [-0.1, -0.05) is 6.07 Å². The van der Waals surface area contributed by atoms with Gasteiger partial charge >= 0.3 is 0 Å². The molecule has 3 aliphatic rings. The number of carbonyl (C=O) groups excluding carboxylic acids is 3. The first-order chi connectivity index (χ1) is 16.4. The van der Waals surface area contributed by atoms with Crippen molar-refractivity contribution in [3.05, 3.63) is 42.0 Å². The minimum absolute atomic E-state index is 0.00710. The third-order valence-corrected chi connectivity index (χ3v) is 7.22. The fraction of sp³-hybridized carbons (Fsp3) is 0.520. The summed E-state index contributed by atoms with van der Waals surface area (Å²) in [5, 5.41) is 3.15. The van der Waals surface area contributed by atoms with Crippen molar-refractivity contribution in [3.63, 3.8) is 0 Å². The number of piperidine rings is 1. The predicted molar refractivity (Wildman–Crippen MR) is 122 cm³/mol. The Labute approximate surface area is 198 Å². The second-order valence-electron chi connectivity index (χ2n) is 9.60. The van der Waals surface area contributed by atoms with Gasteiger partial charge in [0.2, 0.25) is 24.4 Å². The van der Waals surface area contributed by atoms with E-state index in [0.717, 1.165) is 24.2 Å². The Hall–Kier alpha value is -3.36. The van der Waals surface area contributed by atoms with Gasteiger partial charge in [0.15, 0.2) is 17.3 Å². The molecule has 2 unspecified atom stereocenters. The normalized spacial score (nSPS) is 23.7. The molecule has 2 amide bonds. The van der Waals surface area contributed by atoms with Crippen LogP contribution in [0.1, 0.15) is 54.7 Å². The molecule has 34 heavy (non-hydrogen) atoms. The molecule has 5 rings (SSSR count). The van der Waals surface area contributed by atoms with Gasteiger partial charge in [-0.2, -0.15) is 0 Å². The van der Waals surface area contributed by atoms with Crippen LogP contribution in [0, 0.1) is 5.92 Å². The average Bonchev–Trinajstić information content (AvgIpc) is 3.57. The Balaban J connectivity index is 1.23. The van der Waals surface area contributed by atoms with Crippen LogP contribution in [0.25, 0.3) is 0 Å². The molecule has 0 spiro atoms. The summed E-state index contributed by atoms with van der Waals surface area (Å²) in [7, 11) is 1.81. The largest absolute Gasteiger partial charge is 0.454 e. The number of aromatic nitrogens is 2. The zero-order valence-electron chi connectivity index (χ0n) is 19.4. The Morgan fingerprint density at radius 2 is 2.12 bits per heavy atom. The van der Waals surface area contributed by atoms with Crippen molar-refractivity contribution in [3.8, 4) is 11.5 Å². The molecule has 1 aromatic carbocycles. The molecular weight excluding hydrogens is 436 g/mol. The Kier molecular flexibility index (Phi) is 6.02. The minimum atomic E-state index is -0.460. The maximum absolute atomic E-state index is 13.2. The van der Waals surface area contributed by atoms with Gasteiger partial charge in [0, 0.05) is 56.8 Å². The van der Waals surface area contributed by atoms with Crippen molar-refractivity contribution in [1.29, 1.82) is 0 Å². The molecule has 0 aliphatic carbocycles. The maximum Gasteiger partial charge on any atom is 0.231 e. The van der Waals surface area contributed by atoms with Crippen LogP contribution in [0.5, 0.6) is 11.5 Å². The number of carbonyl (C=O) groups is 3. The third kappa shape index (κ3) is 4.51. The summed E-state index contributed by atoms with van der Waals surface area (Å²) in [6, 6.07) is 5.83. The van der Waals surface area contributed by atoms with Gasteiger partial charge in [-0.25, -0.2) is 4.98 Å². The van der Waals surface area contributed by atoms with Gasteiger partial charge in [0.1, 0.15) is 0 Å². The number of nitrogens with one attached hydrogen (secondary N) is 1. The lowest BCUT2D eigenvalue weighted by atomic mass is 9.84. The van der Waals surface area contributed by atoms with E-state index in [2.05, 4.69) is 10.3 Å². The first kappa shape index (κ1) is 22.4. The summed E-state index contributed by atoms with van der Waals surface area (Å²) >= 11 is 0. The number of hydrogen-bond donors (Lipinski definition) is 1. The van der Waals surface area contributed by atoms with E-state index in [0.29, 0.717) is 56.8 Å². The third-order valence-electron chi connectivity index (χ3n) is 7.22. The molecule has 4 heterocycles. The van der Waals surface area contributed by atoms with Crippen molar-refractivity contribution in [2.24, 2.45) is 13.0 Å². The molecule has 2 fully saturated rings. The number of rotatable bonds is 7. The number of Topliss-reactive ketones (excluding diaryl/α,β-unsaturated/α-hetero) is 1. The van der Waals surface area contributed by atoms with Crippen molar-refractivity contribution >= 4 is 17.6 Å². The molecule has 0 radical (unpaired) electrons. The van der Waals surface area contributed by atoms with E-state index in [1.165, 1.54) is 0 Å². The summed E-state index contributed by atoms with van der Waals surface area (Å²) in [4.78, 5) is 44.2. The lowest BCUT2D eigenvalue weighted by Gasteiger charge is -2.34. The number of ether oxygens (including phenoxy) is 2.